The van der Waals surface area contributed by atoms with Gasteiger partial charge in [0.2, 0.25) is 0 Å². The van der Waals surface area contributed by atoms with Crippen LogP contribution in [0.5, 0.6) is 0 Å². The van der Waals surface area contributed by atoms with E-state index in [0.717, 1.165) is 5.56 Å². The highest BCUT2D eigenvalue weighted by Gasteiger charge is 2.23. The number of hydrogen-bond donors (Lipinski definition) is 2. The second-order valence-electron chi connectivity index (χ2n) is 3.40. The summed E-state index contributed by atoms with van der Waals surface area (Å²) in [5, 5.41) is 7.41. The third-order valence-electron chi connectivity index (χ3n) is 2.17. The normalized spacial score (nSPS) is 10.3. The summed E-state index contributed by atoms with van der Waals surface area (Å²) in [5.74, 6) is 0.203. The summed E-state index contributed by atoms with van der Waals surface area (Å²) in [6, 6.07) is 9.85. The number of hydrogen-bond acceptors (Lipinski definition) is 1. The fraction of sp³-hybridized carbons (Fsp3) is 0.300. The largest absolute Gasteiger partial charge is 0.387 e. The molecule has 0 bridgehead atoms. The Kier molecular flexibility index (Phi) is 3.95. The maximum atomic E-state index is 7.41. The van der Waals surface area contributed by atoms with Crippen molar-refractivity contribution in [3.63, 3.8) is 0 Å². The highest BCUT2D eigenvalue weighted by molar-refractivity contribution is 5.88. The van der Waals surface area contributed by atoms with E-state index in [1.165, 1.54) is 0 Å². The van der Waals surface area contributed by atoms with Crippen molar-refractivity contribution < 1.29 is 0 Å². The van der Waals surface area contributed by atoms with Crippen LogP contribution in [0.25, 0.3) is 0 Å². The monoisotopic (exact) mass is 198 g/mol. The maximum absolute atomic E-state index is 7.41. The van der Waals surface area contributed by atoms with E-state index in [0.29, 0.717) is 0 Å². The minimum Gasteiger partial charge on any atom is -0.387 e. The second kappa shape index (κ2) is 4.28. The van der Waals surface area contributed by atoms with Crippen molar-refractivity contribution in [2.24, 2.45) is 5.73 Å². The van der Waals surface area contributed by atoms with Gasteiger partial charge in [-0.25, -0.2) is 0 Å². The van der Waals surface area contributed by atoms with Gasteiger partial charge in [-0.2, -0.15) is 0 Å². The SMILES string of the molecule is CC(C)(C(=N)N)c1ccccc1.Cl. The summed E-state index contributed by atoms with van der Waals surface area (Å²) in [6.45, 7) is 3.90. The van der Waals surface area contributed by atoms with Crippen molar-refractivity contribution in [3.8, 4) is 0 Å². The molecule has 1 aromatic carbocycles. The first-order valence-electron chi connectivity index (χ1n) is 3.95. The predicted octanol–water partition coefficient (Wildman–Crippen LogP) is 2.32. The minimum atomic E-state index is -0.346. The smallest absolute Gasteiger partial charge is 0.101 e. The zero-order valence-corrected chi connectivity index (χ0v) is 8.69. The number of halogens is 1. The van der Waals surface area contributed by atoms with E-state index in [4.69, 9.17) is 11.1 Å². The van der Waals surface area contributed by atoms with Crippen molar-refractivity contribution in [2.75, 3.05) is 0 Å². The number of benzene rings is 1. The molecule has 0 saturated carbocycles. The lowest BCUT2D eigenvalue weighted by Gasteiger charge is -2.23. The second-order valence-corrected chi connectivity index (χ2v) is 3.40. The van der Waals surface area contributed by atoms with Gasteiger partial charge in [0.25, 0.3) is 0 Å². The summed E-state index contributed by atoms with van der Waals surface area (Å²) >= 11 is 0. The summed E-state index contributed by atoms with van der Waals surface area (Å²) in [5.41, 5.74) is 6.22. The zero-order chi connectivity index (χ0) is 9.19. The molecular weight excluding hydrogens is 184 g/mol. The van der Waals surface area contributed by atoms with E-state index in [9.17, 15) is 0 Å². The average Bonchev–Trinajstić information content (AvgIpc) is 2.06. The molecule has 13 heavy (non-hydrogen) atoms. The average molecular weight is 199 g/mol. The fourth-order valence-corrected chi connectivity index (χ4v) is 1.01. The van der Waals surface area contributed by atoms with Gasteiger partial charge in [-0.1, -0.05) is 30.3 Å². The van der Waals surface area contributed by atoms with Crippen molar-refractivity contribution in [1.82, 2.24) is 0 Å². The molecule has 0 unspecified atom stereocenters. The first-order valence-corrected chi connectivity index (χ1v) is 3.95. The van der Waals surface area contributed by atoms with Crippen LogP contribution in [0.1, 0.15) is 19.4 Å². The molecule has 1 rings (SSSR count). The number of nitrogens with two attached hydrogens (primary N) is 1. The molecule has 1 aromatic rings. The molecule has 0 aliphatic carbocycles. The molecule has 0 saturated heterocycles. The van der Waals surface area contributed by atoms with Crippen molar-refractivity contribution >= 4 is 18.2 Å². The fourth-order valence-electron chi connectivity index (χ4n) is 1.01. The number of rotatable bonds is 2. The Hall–Kier alpha value is -1.02. The van der Waals surface area contributed by atoms with Gasteiger partial charge in [0.1, 0.15) is 5.84 Å². The van der Waals surface area contributed by atoms with E-state index >= 15 is 0 Å². The van der Waals surface area contributed by atoms with Crippen LogP contribution < -0.4 is 5.73 Å². The van der Waals surface area contributed by atoms with Gasteiger partial charge in [0, 0.05) is 5.41 Å². The molecule has 0 radical (unpaired) electrons. The Morgan fingerprint density at radius 3 is 2.08 bits per heavy atom. The van der Waals surface area contributed by atoms with Crippen molar-refractivity contribution in [2.45, 2.75) is 19.3 Å². The summed E-state index contributed by atoms with van der Waals surface area (Å²) in [6.07, 6.45) is 0. The number of nitrogens with one attached hydrogen (secondary N) is 1. The van der Waals surface area contributed by atoms with E-state index in [1.807, 2.05) is 44.2 Å². The van der Waals surface area contributed by atoms with E-state index in [1.54, 1.807) is 0 Å². The molecule has 0 fully saturated rings. The lowest BCUT2D eigenvalue weighted by molar-refractivity contribution is 0.705. The molecule has 0 aromatic heterocycles. The third kappa shape index (κ3) is 2.46. The molecule has 72 valence electrons. The van der Waals surface area contributed by atoms with E-state index in [2.05, 4.69) is 0 Å². The van der Waals surface area contributed by atoms with Crippen LogP contribution in [0, 0.1) is 5.41 Å². The topological polar surface area (TPSA) is 49.9 Å². The standard InChI is InChI=1S/C10H14N2.ClH/c1-10(2,9(11)12)8-6-4-3-5-7-8;/h3-7H,1-2H3,(H3,11,12);1H. The summed E-state index contributed by atoms with van der Waals surface area (Å²) < 4.78 is 0. The lowest BCUT2D eigenvalue weighted by atomic mass is 9.84. The van der Waals surface area contributed by atoms with Crippen LogP contribution >= 0.6 is 12.4 Å². The minimum absolute atomic E-state index is 0. The van der Waals surface area contributed by atoms with Crippen molar-refractivity contribution in [1.29, 1.82) is 5.41 Å². The van der Waals surface area contributed by atoms with Gasteiger partial charge in [0.15, 0.2) is 0 Å². The molecule has 0 atom stereocenters. The van der Waals surface area contributed by atoms with Crippen molar-refractivity contribution in [3.05, 3.63) is 35.9 Å². The van der Waals surface area contributed by atoms with Gasteiger partial charge in [-0.3, -0.25) is 5.41 Å². The zero-order valence-electron chi connectivity index (χ0n) is 7.87. The highest BCUT2D eigenvalue weighted by atomic mass is 35.5. The van der Waals surface area contributed by atoms with Crippen LogP contribution in [-0.2, 0) is 5.41 Å². The molecule has 0 aliphatic rings. The first kappa shape index (κ1) is 12.0. The van der Waals surface area contributed by atoms with E-state index in [-0.39, 0.29) is 23.7 Å². The van der Waals surface area contributed by atoms with Crippen LogP contribution in [0.15, 0.2) is 30.3 Å². The summed E-state index contributed by atoms with van der Waals surface area (Å²) in [4.78, 5) is 0. The third-order valence-corrected chi connectivity index (χ3v) is 2.17. The van der Waals surface area contributed by atoms with Crippen LogP contribution in [-0.4, -0.2) is 5.84 Å². The Bertz CT molecular complexity index is 280. The van der Waals surface area contributed by atoms with E-state index < -0.39 is 0 Å². The van der Waals surface area contributed by atoms with Crippen LogP contribution in [0.2, 0.25) is 0 Å². The van der Waals surface area contributed by atoms with Gasteiger partial charge >= 0.3 is 0 Å². The molecule has 3 heteroatoms. The van der Waals surface area contributed by atoms with Crippen LogP contribution in [0.4, 0.5) is 0 Å². The summed E-state index contributed by atoms with van der Waals surface area (Å²) in [7, 11) is 0. The van der Waals surface area contributed by atoms with Gasteiger partial charge in [-0.05, 0) is 19.4 Å². The highest BCUT2D eigenvalue weighted by Crippen LogP contribution is 2.21. The first-order chi connectivity index (χ1) is 5.55. The molecule has 0 heterocycles. The molecular formula is C10H15ClN2. The predicted molar refractivity (Wildman–Crippen MR) is 58.6 cm³/mol. The Labute approximate surface area is 85.1 Å². The molecule has 3 N–H and O–H groups in total. The molecule has 0 aliphatic heterocycles. The van der Waals surface area contributed by atoms with Gasteiger partial charge in [-0.15, -0.1) is 12.4 Å². The Morgan fingerprint density at radius 2 is 1.69 bits per heavy atom. The molecule has 0 spiro atoms. The Balaban J connectivity index is 0.00000144. The quantitative estimate of drug-likeness (QED) is 0.556. The maximum Gasteiger partial charge on any atom is 0.101 e. The van der Waals surface area contributed by atoms with Crippen LogP contribution in [0.3, 0.4) is 0 Å². The Morgan fingerprint density at radius 1 is 1.23 bits per heavy atom. The molecule has 0 amide bonds. The van der Waals surface area contributed by atoms with Gasteiger partial charge < -0.3 is 5.73 Å². The van der Waals surface area contributed by atoms with Gasteiger partial charge in [0.05, 0.1) is 0 Å². The lowest BCUT2D eigenvalue weighted by Crippen LogP contribution is -2.34. The molecule has 2 nitrogen and oxygen atoms in total. The number of amidine groups is 1.